The molecular weight excluding hydrogens is 354 g/mol. The van der Waals surface area contributed by atoms with Crippen molar-refractivity contribution in [2.75, 3.05) is 32.7 Å². The van der Waals surface area contributed by atoms with E-state index in [9.17, 15) is 4.79 Å². The monoisotopic (exact) mass is 385 g/mol. The Hall–Kier alpha value is -1.99. The van der Waals surface area contributed by atoms with Gasteiger partial charge < -0.3 is 4.42 Å². The number of oxazole rings is 1. The van der Waals surface area contributed by atoms with E-state index in [4.69, 9.17) is 4.42 Å². The Morgan fingerprint density at radius 1 is 1.07 bits per heavy atom. The van der Waals surface area contributed by atoms with Gasteiger partial charge >= 0.3 is 0 Å². The average molecular weight is 386 g/mol. The van der Waals surface area contributed by atoms with E-state index in [0.717, 1.165) is 56.6 Å². The second-order valence-electron chi connectivity index (χ2n) is 9.08. The third-order valence-electron chi connectivity index (χ3n) is 5.64. The molecule has 0 unspecified atom stereocenters. The first-order valence-electron chi connectivity index (χ1n) is 10.4. The Balaban J connectivity index is 1.26. The maximum absolute atomic E-state index is 12.1. The number of hydrogen-bond donors (Lipinski definition) is 0. The highest BCUT2D eigenvalue weighted by Gasteiger charge is 2.28. The lowest BCUT2D eigenvalue weighted by Gasteiger charge is -2.34. The van der Waals surface area contributed by atoms with Crippen molar-refractivity contribution in [2.24, 2.45) is 0 Å². The third kappa shape index (κ3) is 4.70. The number of piperazine rings is 1. The van der Waals surface area contributed by atoms with Gasteiger partial charge in [0.05, 0.1) is 25.0 Å². The van der Waals surface area contributed by atoms with Gasteiger partial charge in [-0.3, -0.25) is 14.6 Å². The number of aromatic nitrogens is 3. The van der Waals surface area contributed by atoms with Crippen LogP contribution in [0, 0.1) is 0 Å². The van der Waals surface area contributed by atoms with E-state index in [1.54, 1.807) is 10.7 Å². The highest BCUT2D eigenvalue weighted by atomic mass is 16.4. The van der Waals surface area contributed by atoms with E-state index in [1.807, 2.05) is 12.3 Å². The molecule has 0 N–H and O–H groups in total. The molecule has 0 radical (unpaired) electrons. The Bertz CT molecular complexity index is 854. The van der Waals surface area contributed by atoms with Gasteiger partial charge in [0.15, 0.2) is 0 Å². The van der Waals surface area contributed by atoms with Gasteiger partial charge in [-0.1, -0.05) is 20.8 Å². The Morgan fingerprint density at radius 3 is 2.46 bits per heavy atom. The van der Waals surface area contributed by atoms with Gasteiger partial charge in [0.1, 0.15) is 5.76 Å². The summed E-state index contributed by atoms with van der Waals surface area (Å²) in [6.07, 6.45) is 4.38. The summed E-state index contributed by atoms with van der Waals surface area (Å²) in [4.78, 5) is 21.4. The minimum absolute atomic E-state index is 0.0259. The van der Waals surface area contributed by atoms with E-state index in [2.05, 4.69) is 40.7 Å². The lowest BCUT2D eigenvalue weighted by atomic mass is 9.92. The molecule has 0 aromatic carbocycles. The van der Waals surface area contributed by atoms with Crippen LogP contribution in [0.2, 0.25) is 0 Å². The molecule has 3 heterocycles. The summed E-state index contributed by atoms with van der Waals surface area (Å²) < 4.78 is 7.49. The van der Waals surface area contributed by atoms with Crippen LogP contribution in [-0.2, 0) is 18.5 Å². The molecule has 152 valence electrons. The molecule has 4 rings (SSSR count). The average Bonchev–Trinajstić information content (AvgIpc) is 3.41. The maximum Gasteiger partial charge on any atom is 0.266 e. The molecule has 2 aromatic rings. The Labute approximate surface area is 166 Å². The summed E-state index contributed by atoms with van der Waals surface area (Å²) in [7, 11) is 0. The fourth-order valence-electron chi connectivity index (χ4n) is 3.56. The highest BCUT2D eigenvalue weighted by Crippen LogP contribution is 2.40. The molecule has 1 saturated carbocycles. The van der Waals surface area contributed by atoms with E-state index in [0.29, 0.717) is 12.5 Å². The van der Waals surface area contributed by atoms with Crippen molar-refractivity contribution in [2.45, 2.75) is 58.0 Å². The first-order valence-corrected chi connectivity index (χ1v) is 10.4. The molecule has 2 aliphatic rings. The predicted octanol–water partition coefficient (Wildman–Crippen LogP) is 2.22. The van der Waals surface area contributed by atoms with E-state index in [-0.39, 0.29) is 11.0 Å². The van der Waals surface area contributed by atoms with Crippen molar-refractivity contribution in [3.8, 4) is 0 Å². The van der Waals surface area contributed by atoms with Crippen molar-refractivity contribution < 1.29 is 4.42 Å². The SMILES string of the molecule is CC(C)(C)c1ccc(=O)n(CCN2CCN(Cc3ncc(C4CC4)o3)CC2)n1. The van der Waals surface area contributed by atoms with Gasteiger partial charge in [-0.15, -0.1) is 0 Å². The Morgan fingerprint density at radius 2 is 1.79 bits per heavy atom. The summed E-state index contributed by atoms with van der Waals surface area (Å²) in [6, 6.07) is 3.48. The minimum atomic E-state index is -0.0552. The molecule has 2 fully saturated rings. The molecule has 1 aliphatic heterocycles. The predicted molar refractivity (Wildman–Crippen MR) is 107 cm³/mol. The maximum atomic E-state index is 12.1. The molecule has 0 bridgehead atoms. The zero-order valence-corrected chi connectivity index (χ0v) is 17.2. The molecule has 0 spiro atoms. The lowest BCUT2D eigenvalue weighted by Crippen LogP contribution is -2.47. The fraction of sp³-hybridized carbons (Fsp3) is 0.667. The zero-order valence-electron chi connectivity index (χ0n) is 17.2. The molecule has 7 heteroatoms. The largest absolute Gasteiger partial charge is 0.444 e. The number of rotatable bonds is 6. The van der Waals surface area contributed by atoms with Crippen molar-refractivity contribution in [1.82, 2.24) is 24.6 Å². The normalized spacial score (nSPS) is 19.2. The van der Waals surface area contributed by atoms with Gasteiger partial charge in [-0.05, 0) is 18.9 Å². The van der Waals surface area contributed by atoms with Crippen LogP contribution in [0.25, 0.3) is 0 Å². The summed E-state index contributed by atoms with van der Waals surface area (Å²) >= 11 is 0. The standard InChI is InChI=1S/C21H31N5O2/c1-21(2,3)18-6-7-20(27)26(23-18)13-12-24-8-10-25(11-9-24)15-19-22-14-17(28-19)16-4-5-16/h6-7,14,16H,4-5,8-13,15H2,1-3H3. The molecule has 7 nitrogen and oxygen atoms in total. The van der Waals surface area contributed by atoms with Gasteiger partial charge in [-0.25, -0.2) is 9.67 Å². The van der Waals surface area contributed by atoms with Crippen LogP contribution >= 0.6 is 0 Å². The van der Waals surface area contributed by atoms with Crippen LogP contribution in [0.1, 0.15) is 56.9 Å². The van der Waals surface area contributed by atoms with Crippen molar-refractivity contribution >= 4 is 0 Å². The van der Waals surface area contributed by atoms with Crippen molar-refractivity contribution in [3.05, 3.63) is 46.0 Å². The molecule has 28 heavy (non-hydrogen) atoms. The molecule has 0 atom stereocenters. The third-order valence-corrected chi connectivity index (χ3v) is 5.64. The summed E-state index contributed by atoms with van der Waals surface area (Å²) in [6.45, 7) is 12.6. The summed E-state index contributed by atoms with van der Waals surface area (Å²) in [5.41, 5.74) is 0.871. The molecule has 0 amide bonds. The summed E-state index contributed by atoms with van der Waals surface area (Å²) in [5, 5.41) is 4.57. The molecule has 1 saturated heterocycles. The molecule has 1 aliphatic carbocycles. The van der Waals surface area contributed by atoms with Crippen LogP contribution in [0.15, 0.2) is 27.5 Å². The van der Waals surface area contributed by atoms with Gasteiger partial charge in [0, 0.05) is 50.1 Å². The first kappa shape index (κ1) is 19.3. The minimum Gasteiger partial charge on any atom is -0.444 e. The zero-order chi connectivity index (χ0) is 19.7. The van der Waals surface area contributed by atoms with Crippen LogP contribution < -0.4 is 5.56 Å². The quantitative estimate of drug-likeness (QED) is 0.760. The molecular formula is C21H31N5O2. The van der Waals surface area contributed by atoms with Gasteiger partial charge in [0.25, 0.3) is 5.56 Å². The first-order chi connectivity index (χ1) is 13.4. The van der Waals surface area contributed by atoms with Gasteiger partial charge in [0.2, 0.25) is 5.89 Å². The van der Waals surface area contributed by atoms with E-state index >= 15 is 0 Å². The summed E-state index contributed by atoms with van der Waals surface area (Å²) in [5.74, 6) is 2.51. The number of hydrogen-bond acceptors (Lipinski definition) is 6. The smallest absolute Gasteiger partial charge is 0.266 e. The van der Waals surface area contributed by atoms with Gasteiger partial charge in [-0.2, -0.15) is 5.10 Å². The van der Waals surface area contributed by atoms with Crippen molar-refractivity contribution in [3.63, 3.8) is 0 Å². The van der Waals surface area contributed by atoms with Crippen LogP contribution in [0.3, 0.4) is 0 Å². The second kappa shape index (κ2) is 7.79. The second-order valence-corrected chi connectivity index (χ2v) is 9.08. The molecule has 2 aromatic heterocycles. The fourth-order valence-corrected chi connectivity index (χ4v) is 3.56. The van der Waals surface area contributed by atoms with Crippen LogP contribution in [0.5, 0.6) is 0 Å². The van der Waals surface area contributed by atoms with Crippen LogP contribution in [0.4, 0.5) is 0 Å². The van der Waals surface area contributed by atoms with E-state index in [1.165, 1.54) is 12.8 Å². The number of nitrogens with zero attached hydrogens (tertiary/aromatic N) is 5. The lowest BCUT2D eigenvalue weighted by molar-refractivity contribution is 0.115. The Kier molecular flexibility index (Phi) is 5.38. The highest BCUT2D eigenvalue weighted by molar-refractivity contribution is 5.11. The van der Waals surface area contributed by atoms with Crippen molar-refractivity contribution in [1.29, 1.82) is 0 Å². The van der Waals surface area contributed by atoms with E-state index < -0.39 is 0 Å². The topological polar surface area (TPSA) is 67.4 Å². The van der Waals surface area contributed by atoms with Crippen LogP contribution in [-0.4, -0.2) is 57.3 Å².